The minimum absolute atomic E-state index is 0.0112. The van der Waals surface area contributed by atoms with Gasteiger partial charge in [0.25, 0.3) is 0 Å². The number of nitrogens with two attached hydrogens (primary N) is 2. The molecule has 0 fully saturated rings. The SMILES string of the molecule is CN[C@@H](Cc1ccccc1)C(=O)C(=O)[C@H](CCCCN)NC(=O)NC(=O)C(CCCCCC(C)=O)CC(=O)CCCC(=O)CC(CCCCCC(C)=O)C(=O)NN[C@@H](Cc1ccccc1)C(=O)N[C@@H](CCCCN)C(=O)C(C)=O. The van der Waals surface area contributed by atoms with Gasteiger partial charge in [0.2, 0.25) is 35.1 Å². The highest BCUT2D eigenvalue weighted by atomic mass is 16.2. The molecule has 0 radical (unpaired) electrons. The number of rotatable bonds is 45. The van der Waals surface area contributed by atoms with E-state index >= 15 is 0 Å². The number of hydrogen-bond donors (Lipinski definition) is 8. The van der Waals surface area contributed by atoms with Crippen molar-refractivity contribution >= 4 is 70.0 Å². The second-order valence-corrected chi connectivity index (χ2v) is 20.5. The largest absolute Gasteiger partial charge is 0.344 e. The summed E-state index contributed by atoms with van der Waals surface area (Å²) in [7, 11) is 1.56. The van der Waals surface area contributed by atoms with E-state index in [2.05, 4.69) is 32.1 Å². The van der Waals surface area contributed by atoms with E-state index in [1.54, 1.807) is 37.4 Å². The first-order chi connectivity index (χ1) is 37.8. The van der Waals surface area contributed by atoms with Crippen molar-refractivity contribution in [3.05, 3.63) is 71.8 Å². The van der Waals surface area contributed by atoms with Crippen LogP contribution in [0.4, 0.5) is 4.79 Å². The summed E-state index contributed by atoms with van der Waals surface area (Å²) in [4.78, 5) is 157. The zero-order chi connectivity index (χ0) is 58.5. The molecule has 0 saturated heterocycles. The molecular formula is C59H88N8O12. The molecule has 20 heteroatoms. The topological polar surface area (TPSA) is 329 Å². The van der Waals surface area contributed by atoms with E-state index in [-0.39, 0.29) is 93.8 Å². The van der Waals surface area contributed by atoms with Crippen LogP contribution in [0.15, 0.2) is 60.7 Å². The molecule has 0 aliphatic carbocycles. The Labute approximate surface area is 466 Å². The number of hydrogen-bond acceptors (Lipinski definition) is 16. The lowest BCUT2D eigenvalue weighted by molar-refractivity contribution is -0.138. The van der Waals surface area contributed by atoms with Gasteiger partial charge in [0, 0.05) is 57.3 Å². The Morgan fingerprint density at radius 2 is 0.886 bits per heavy atom. The Kier molecular flexibility index (Phi) is 34.6. The van der Waals surface area contributed by atoms with Gasteiger partial charge in [-0.05, 0) is 129 Å². The van der Waals surface area contributed by atoms with Gasteiger partial charge in [0.05, 0.1) is 18.1 Å². The van der Waals surface area contributed by atoms with Crippen molar-refractivity contribution < 1.29 is 57.5 Å². The van der Waals surface area contributed by atoms with Crippen LogP contribution in [0.3, 0.4) is 0 Å². The maximum atomic E-state index is 13.9. The van der Waals surface area contributed by atoms with Crippen LogP contribution in [-0.4, -0.2) is 114 Å². The molecule has 2 aromatic carbocycles. The number of carbonyl (C=O) groups excluding carboxylic acids is 12. The first kappa shape index (κ1) is 68.6. The minimum atomic E-state index is -1.26. The first-order valence-electron chi connectivity index (χ1n) is 28.1. The number of carbonyl (C=O) groups is 12. The van der Waals surface area contributed by atoms with Crippen molar-refractivity contribution in [3.63, 3.8) is 0 Å². The van der Waals surface area contributed by atoms with Gasteiger partial charge in [-0.2, -0.15) is 0 Å². The average molecular weight is 1100 g/mol. The van der Waals surface area contributed by atoms with Gasteiger partial charge in [-0.1, -0.05) is 86.3 Å². The fraction of sp³-hybridized carbons (Fsp3) is 0.593. The highest BCUT2D eigenvalue weighted by Gasteiger charge is 2.33. The third-order valence-electron chi connectivity index (χ3n) is 13.7. The monoisotopic (exact) mass is 1100 g/mol. The van der Waals surface area contributed by atoms with Crippen molar-refractivity contribution in [1.29, 1.82) is 0 Å². The van der Waals surface area contributed by atoms with Crippen molar-refractivity contribution in [2.75, 3.05) is 20.1 Å². The molecule has 79 heavy (non-hydrogen) atoms. The maximum absolute atomic E-state index is 13.9. The molecule has 436 valence electrons. The van der Waals surface area contributed by atoms with Crippen LogP contribution in [0, 0.1) is 11.8 Å². The molecule has 0 aliphatic rings. The van der Waals surface area contributed by atoms with E-state index in [0.717, 1.165) is 18.1 Å². The van der Waals surface area contributed by atoms with Crippen LogP contribution in [-0.2, 0) is 65.6 Å². The van der Waals surface area contributed by atoms with Gasteiger partial charge < -0.3 is 37.0 Å². The van der Waals surface area contributed by atoms with Crippen LogP contribution in [0.2, 0.25) is 0 Å². The van der Waals surface area contributed by atoms with E-state index in [9.17, 15) is 57.5 Å². The van der Waals surface area contributed by atoms with E-state index < -0.39 is 82.9 Å². The molecule has 20 nitrogen and oxygen atoms in total. The first-order valence-corrected chi connectivity index (χ1v) is 28.1. The number of imide groups is 1. The van der Waals surface area contributed by atoms with Crippen LogP contribution in [0.25, 0.3) is 0 Å². The molecule has 2 rings (SSSR count). The number of likely N-dealkylation sites (N-methyl/N-ethyl adjacent to an activating group) is 1. The smallest absolute Gasteiger partial charge is 0.322 e. The van der Waals surface area contributed by atoms with Crippen LogP contribution >= 0.6 is 0 Å². The van der Waals surface area contributed by atoms with Gasteiger partial charge in [-0.25, -0.2) is 10.2 Å². The molecule has 10 N–H and O–H groups in total. The number of amides is 5. The standard InChI is InChI=1S/C59H88N8O12/c1-40(68)22-9-5-15-28-45(56(76)65-59(79)64-50(33-18-20-35-61)54(74)55(75)51(62-4)36-43-24-11-7-12-25-43)38-47(71)30-21-31-48(72)39-46(29-16-6-10-23-41(2)69)57(77)67-66-52(37-44-26-13-8-14-27-44)58(78)63-49(32-17-19-34-60)53(73)42(3)70/h7-8,11-14,24-27,45-46,49-52,62,66H,5-6,9-10,15-23,28-39,60-61H2,1-4H3,(H,63,78)(H,67,77)(H2,64,65,76,79)/t45?,46?,49-,50-,51-,52-/m0/s1. The minimum Gasteiger partial charge on any atom is -0.344 e. The number of ketones is 8. The Morgan fingerprint density at radius 3 is 1.34 bits per heavy atom. The van der Waals surface area contributed by atoms with Crippen LogP contribution in [0.5, 0.6) is 0 Å². The average Bonchev–Trinajstić information content (AvgIpc) is 3.41. The van der Waals surface area contributed by atoms with Crippen LogP contribution < -0.4 is 43.6 Å². The van der Waals surface area contributed by atoms with E-state index in [1.165, 1.54) is 13.8 Å². The highest BCUT2D eigenvalue weighted by Crippen LogP contribution is 2.21. The molecular weight excluding hydrogens is 1010 g/mol. The molecule has 0 saturated carbocycles. The normalized spacial score (nSPS) is 13.3. The van der Waals surface area contributed by atoms with E-state index in [4.69, 9.17) is 11.5 Å². The second kappa shape index (κ2) is 39.8. The summed E-state index contributed by atoms with van der Waals surface area (Å²) in [6.07, 6.45) is 6.49. The Morgan fingerprint density at radius 1 is 0.443 bits per heavy atom. The molecule has 0 heterocycles. The molecule has 0 aromatic heterocycles. The summed E-state index contributed by atoms with van der Waals surface area (Å²) in [5.41, 5.74) is 18.3. The predicted molar refractivity (Wildman–Crippen MR) is 300 cm³/mol. The molecule has 2 aromatic rings. The molecule has 0 aliphatic heterocycles. The summed E-state index contributed by atoms with van der Waals surface area (Å²) >= 11 is 0. The zero-order valence-corrected chi connectivity index (χ0v) is 47.0. The van der Waals surface area contributed by atoms with Gasteiger partial charge in [0.1, 0.15) is 29.2 Å². The van der Waals surface area contributed by atoms with Crippen molar-refractivity contribution in [2.45, 2.75) is 193 Å². The molecule has 0 spiro atoms. The fourth-order valence-electron chi connectivity index (χ4n) is 9.06. The van der Waals surface area contributed by atoms with Crippen LogP contribution in [0.1, 0.15) is 167 Å². The third-order valence-corrected chi connectivity index (χ3v) is 13.7. The zero-order valence-electron chi connectivity index (χ0n) is 47.0. The van der Waals surface area contributed by atoms with Gasteiger partial charge in [0.15, 0.2) is 5.78 Å². The summed E-state index contributed by atoms with van der Waals surface area (Å²) in [6.45, 7) is 4.77. The number of Topliss-reactive ketones (excluding diaryl/α,β-unsaturated/α-hetero) is 8. The molecule has 5 amide bonds. The second-order valence-electron chi connectivity index (χ2n) is 20.5. The summed E-state index contributed by atoms with van der Waals surface area (Å²) in [6, 6.07) is 12.7. The number of hydrazine groups is 1. The Bertz CT molecular complexity index is 2300. The number of nitrogens with one attached hydrogen (secondary N) is 6. The lowest BCUT2D eigenvalue weighted by Gasteiger charge is -2.24. The number of unbranched alkanes of at least 4 members (excludes halogenated alkanes) is 6. The van der Waals surface area contributed by atoms with Crippen molar-refractivity contribution in [2.24, 2.45) is 23.3 Å². The number of urea groups is 1. The predicted octanol–water partition coefficient (Wildman–Crippen LogP) is 4.68. The molecule has 2 unspecified atom stereocenters. The van der Waals surface area contributed by atoms with Gasteiger partial charge in [-0.15, -0.1) is 0 Å². The molecule has 0 bridgehead atoms. The Hall–Kier alpha value is -6.48. The highest BCUT2D eigenvalue weighted by molar-refractivity contribution is 6.41. The third kappa shape index (κ3) is 29.4. The fourth-order valence-corrected chi connectivity index (χ4v) is 9.06. The molecule has 6 atom stereocenters. The van der Waals surface area contributed by atoms with Gasteiger partial charge in [-0.3, -0.25) is 53.9 Å². The van der Waals surface area contributed by atoms with E-state index in [1.807, 2.05) is 30.3 Å². The lowest BCUT2D eigenvalue weighted by atomic mass is 9.91. The summed E-state index contributed by atoms with van der Waals surface area (Å²) < 4.78 is 0. The number of benzene rings is 2. The Balaban J connectivity index is 2.20. The van der Waals surface area contributed by atoms with Crippen molar-refractivity contribution in [3.8, 4) is 0 Å². The van der Waals surface area contributed by atoms with Crippen molar-refractivity contribution in [1.82, 2.24) is 32.1 Å². The van der Waals surface area contributed by atoms with Gasteiger partial charge >= 0.3 is 6.03 Å². The quantitative estimate of drug-likeness (QED) is 0.0253. The summed E-state index contributed by atoms with van der Waals surface area (Å²) in [5, 5.41) is 10.4. The maximum Gasteiger partial charge on any atom is 0.322 e. The summed E-state index contributed by atoms with van der Waals surface area (Å²) in [5.74, 6) is -7.53. The van der Waals surface area contributed by atoms with E-state index in [0.29, 0.717) is 90.1 Å². The lowest BCUT2D eigenvalue weighted by Crippen LogP contribution is -2.56.